The van der Waals surface area contributed by atoms with E-state index in [1.807, 2.05) is 49.4 Å². The number of para-hydroxylation sites is 1. The standard InChI is InChI=1S/C25H19BrN4O3S/c1-3-4-11-29-17-10-9-14(26)12-16(17)19(23(29)31)21-24(32)30-25(34-21)27-22(28-30)20-13(2)15-7-5-6-8-18(15)33-20/h5-10,12H,3-4,11H2,1-2H3/b21-19-. The van der Waals surface area contributed by atoms with E-state index in [0.29, 0.717) is 33.2 Å². The lowest BCUT2D eigenvalue weighted by Gasteiger charge is -2.16. The van der Waals surface area contributed by atoms with Crippen LogP contribution in [0.25, 0.3) is 33.1 Å². The minimum Gasteiger partial charge on any atom is -0.452 e. The molecule has 34 heavy (non-hydrogen) atoms. The van der Waals surface area contributed by atoms with Crippen LogP contribution in [0.1, 0.15) is 30.9 Å². The maximum Gasteiger partial charge on any atom is 0.291 e. The number of aromatic nitrogens is 3. The van der Waals surface area contributed by atoms with Crippen LogP contribution in [0.5, 0.6) is 0 Å². The quantitative estimate of drug-likeness (QED) is 0.333. The Kier molecular flexibility index (Phi) is 4.93. The zero-order chi connectivity index (χ0) is 23.6. The number of fused-ring (bicyclic) bond motifs is 3. The van der Waals surface area contributed by atoms with Crippen molar-refractivity contribution in [2.24, 2.45) is 0 Å². The van der Waals surface area contributed by atoms with E-state index in [0.717, 1.165) is 45.1 Å². The summed E-state index contributed by atoms with van der Waals surface area (Å²) in [7, 11) is 0. The predicted molar refractivity (Wildman–Crippen MR) is 136 cm³/mol. The third kappa shape index (κ3) is 3.07. The maximum absolute atomic E-state index is 13.4. The molecule has 1 amide bonds. The Morgan fingerprint density at radius 1 is 1.15 bits per heavy atom. The van der Waals surface area contributed by atoms with Gasteiger partial charge in [-0.3, -0.25) is 9.59 Å². The van der Waals surface area contributed by atoms with E-state index in [1.165, 1.54) is 15.9 Å². The van der Waals surface area contributed by atoms with E-state index in [2.05, 4.69) is 32.9 Å². The summed E-state index contributed by atoms with van der Waals surface area (Å²) >= 11 is 4.69. The molecule has 0 saturated heterocycles. The second kappa shape index (κ2) is 7.89. The van der Waals surface area contributed by atoms with E-state index in [9.17, 15) is 9.59 Å². The van der Waals surface area contributed by atoms with Crippen LogP contribution in [-0.2, 0) is 4.79 Å². The van der Waals surface area contributed by atoms with Crippen LogP contribution >= 0.6 is 27.3 Å². The Hall–Kier alpha value is -3.30. The highest BCUT2D eigenvalue weighted by atomic mass is 79.9. The van der Waals surface area contributed by atoms with Crippen molar-refractivity contribution in [2.45, 2.75) is 26.7 Å². The van der Waals surface area contributed by atoms with Gasteiger partial charge in [0.2, 0.25) is 10.8 Å². The molecule has 4 heterocycles. The Morgan fingerprint density at radius 3 is 2.74 bits per heavy atom. The molecule has 0 bridgehead atoms. The Balaban J connectivity index is 1.54. The van der Waals surface area contributed by atoms with Gasteiger partial charge in [0.1, 0.15) is 10.1 Å². The van der Waals surface area contributed by atoms with Gasteiger partial charge >= 0.3 is 0 Å². The zero-order valence-electron chi connectivity index (χ0n) is 18.5. The Morgan fingerprint density at radius 2 is 1.97 bits per heavy atom. The van der Waals surface area contributed by atoms with Gasteiger partial charge in [-0.15, -0.1) is 5.10 Å². The number of anilines is 1. The summed E-state index contributed by atoms with van der Waals surface area (Å²) in [5, 5.41) is 5.45. The molecule has 7 nitrogen and oxygen atoms in total. The first-order chi connectivity index (χ1) is 16.5. The SMILES string of the molecule is CCCCN1C(=O)/C(=c2\sc3nc(-c4oc5ccccc5c4C)nn3c2=O)c2cc(Br)ccc21. The number of halogens is 1. The van der Waals surface area contributed by atoms with Gasteiger partial charge in [0.05, 0.1) is 11.3 Å². The van der Waals surface area contributed by atoms with Gasteiger partial charge in [0.15, 0.2) is 5.76 Å². The van der Waals surface area contributed by atoms with Crippen LogP contribution in [0.2, 0.25) is 0 Å². The number of hydrogen-bond acceptors (Lipinski definition) is 6. The summed E-state index contributed by atoms with van der Waals surface area (Å²) in [6.07, 6.45) is 1.85. The van der Waals surface area contributed by atoms with Gasteiger partial charge in [-0.2, -0.15) is 9.50 Å². The summed E-state index contributed by atoms with van der Waals surface area (Å²) in [5.41, 5.74) is 3.32. The summed E-state index contributed by atoms with van der Waals surface area (Å²) in [6.45, 7) is 4.65. The third-order valence-electron chi connectivity index (χ3n) is 6.14. The lowest BCUT2D eigenvalue weighted by molar-refractivity contribution is -0.113. The normalized spacial score (nSPS) is 15.1. The van der Waals surface area contributed by atoms with Gasteiger partial charge < -0.3 is 9.32 Å². The molecular weight excluding hydrogens is 516 g/mol. The van der Waals surface area contributed by atoms with Crippen molar-refractivity contribution in [3.8, 4) is 11.6 Å². The Labute approximate surface area is 206 Å². The number of benzene rings is 2. The van der Waals surface area contributed by atoms with Crippen molar-refractivity contribution >= 4 is 60.4 Å². The minimum absolute atomic E-state index is 0.156. The number of carbonyl (C=O) groups excluding carboxylic acids is 1. The van der Waals surface area contributed by atoms with E-state index in [4.69, 9.17) is 4.42 Å². The summed E-state index contributed by atoms with van der Waals surface area (Å²) in [6, 6.07) is 13.5. The summed E-state index contributed by atoms with van der Waals surface area (Å²) in [4.78, 5) is 33.6. The molecule has 0 fully saturated rings. The molecule has 6 rings (SSSR count). The highest BCUT2D eigenvalue weighted by Crippen LogP contribution is 2.37. The second-order valence-electron chi connectivity index (χ2n) is 8.27. The molecule has 1 aliphatic rings. The van der Waals surface area contributed by atoms with Crippen LogP contribution in [0.3, 0.4) is 0 Å². The molecule has 3 aromatic heterocycles. The van der Waals surface area contributed by atoms with Crippen molar-refractivity contribution in [3.05, 3.63) is 73.0 Å². The van der Waals surface area contributed by atoms with Crippen LogP contribution < -0.4 is 15.0 Å². The highest BCUT2D eigenvalue weighted by Gasteiger charge is 2.34. The molecule has 5 aromatic rings. The molecule has 9 heteroatoms. The molecule has 0 aliphatic carbocycles. The van der Waals surface area contributed by atoms with Crippen LogP contribution in [0.4, 0.5) is 5.69 Å². The van der Waals surface area contributed by atoms with Gasteiger partial charge in [-0.1, -0.05) is 58.8 Å². The largest absolute Gasteiger partial charge is 0.452 e. The van der Waals surface area contributed by atoms with E-state index in [-0.39, 0.29) is 11.5 Å². The zero-order valence-corrected chi connectivity index (χ0v) is 20.9. The maximum atomic E-state index is 13.4. The van der Waals surface area contributed by atoms with Crippen LogP contribution in [0.15, 0.2) is 56.1 Å². The number of nitrogens with zero attached hydrogens (tertiary/aromatic N) is 4. The van der Waals surface area contributed by atoms with Crippen LogP contribution in [0, 0.1) is 6.92 Å². The number of thiazole rings is 1. The molecule has 0 saturated carbocycles. The number of rotatable bonds is 4. The number of unbranched alkanes of at least 4 members (excludes halogenated alkanes) is 1. The Bertz CT molecular complexity index is 1730. The molecule has 1 aliphatic heterocycles. The fraction of sp³-hybridized carbons (Fsp3) is 0.200. The number of hydrogen-bond donors (Lipinski definition) is 0. The first kappa shape index (κ1) is 21.2. The number of aryl methyl sites for hydroxylation is 1. The smallest absolute Gasteiger partial charge is 0.291 e. The molecule has 2 aromatic carbocycles. The van der Waals surface area contributed by atoms with Crippen molar-refractivity contribution in [1.82, 2.24) is 14.6 Å². The molecule has 170 valence electrons. The molecule has 0 radical (unpaired) electrons. The number of carbonyl (C=O) groups is 1. The van der Waals surface area contributed by atoms with E-state index in [1.54, 1.807) is 4.90 Å². The van der Waals surface area contributed by atoms with Crippen molar-refractivity contribution in [1.29, 1.82) is 0 Å². The van der Waals surface area contributed by atoms with Crippen LogP contribution in [-0.4, -0.2) is 27.0 Å². The fourth-order valence-electron chi connectivity index (χ4n) is 4.43. The molecule has 0 N–H and O–H groups in total. The number of amides is 1. The van der Waals surface area contributed by atoms with Crippen molar-refractivity contribution in [2.75, 3.05) is 11.4 Å². The number of furan rings is 1. The third-order valence-corrected chi connectivity index (χ3v) is 7.67. The second-order valence-corrected chi connectivity index (χ2v) is 10.2. The van der Waals surface area contributed by atoms with E-state index >= 15 is 0 Å². The van der Waals surface area contributed by atoms with E-state index < -0.39 is 0 Å². The van der Waals surface area contributed by atoms with Gasteiger partial charge in [-0.05, 0) is 37.6 Å². The first-order valence-corrected chi connectivity index (χ1v) is 12.6. The first-order valence-electron chi connectivity index (χ1n) is 11.0. The minimum atomic E-state index is -0.348. The lowest BCUT2D eigenvalue weighted by atomic mass is 10.1. The van der Waals surface area contributed by atoms with Gasteiger partial charge in [-0.25, -0.2) is 0 Å². The predicted octanol–water partition coefficient (Wildman–Crippen LogP) is 4.70. The topological polar surface area (TPSA) is 80.7 Å². The molecule has 0 unspecified atom stereocenters. The average Bonchev–Trinajstić information content (AvgIpc) is 3.54. The van der Waals surface area contributed by atoms with Crippen molar-refractivity contribution in [3.63, 3.8) is 0 Å². The molecule has 0 spiro atoms. The monoisotopic (exact) mass is 534 g/mol. The lowest BCUT2D eigenvalue weighted by Crippen LogP contribution is -2.33. The van der Waals surface area contributed by atoms with Gasteiger partial charge in [0.25, 0.3) is 11.5 Å². The average molecular weight is 535 g/mol. The fourth-order valence-corrected chi connectivity index (χ4v) is 5.79. The molecule has 0 atom stereocenters. The van der Waals surface area contributed by atoms with Crippen molar-refractivity contribution < 1.29 is 9.21 Å². The molecular formula is C25H19BrN4O3S. The summed E-state index contributed by atoms with van der Waals surface area (Å²) in [5.74, 6) is 0.748. The van der Waals surface area contributed by atoms with Gasteiger partial charge in [0, 0.05) is 27.5 Å². The highest BCUT2D eigenvalue weighted by molar-refractivity contribution is 9.10. The summed E-state index contributed by atoms with van der Waals surface area (Å²) < 4.78 is 8.45.